The maximum absolute atomic E-state index is 2.50. The molecule has 0 fully saturated rings. The van der Waals surface area contributed by atoms with Crippen LogP contribution in [0.4, 0.5) is 0 Å². The van der Waals surface area contributed by atoms with Crippen molar-refractivity contribution in [3.05, 3.63) is 58.0 Å². The van der Waals surface area contributed by atoms with E-state index < -0.39 is 0 Å². The Labute approximate surface area is 129 Å². The zero-order chi connectivity index (χ0) is 14.3. The van der Waals surface area contributed by atoms with Crippen molar-refractivity contribution in [3.8, 4) is 0 Å². The van der Waals surface area contributed by atoms with E-state index in [4.69, 9.17) is 0 Å². The first kappa shape index (κ1) is 11.5. The standard InChI is InChI=1S/C22H18/c1-3-13-7-9-18-12-16-6-2-4-14-8-10-17-11-15(5-1)19(13)21(18)22(17)20(14)16/h1,3,5,7,9,12H,2,4,6,8,10-11H2. The molecule has 22 heavy (non-hydrogen) atoms. The summed E-state index contributed by atoms with van der Waals surface area (Å²) in [6.45, 7) is 0. The molecule has 0 saturated heterocycles. The average Bonchev–Trinajstić information content (AvgIpc) is 2.57. The van der Waals surface area contributed by atoms with Gasteiger partial charge in [0.2, 0.25) is 0 Å². The largest absolute Gasteiger partial charge is 0.0617 e. The second-order valence-electron chi connectivity index (χ2n) is 7.20. The van der Waals surface area contributed by atoms with E-state index in [0.29, 0.717) is 0 Å². The van der Waals surface area contributed by atoms with E-state index >= 15 is 0 Å². The molecule has 0 heteroatoms. The van der Waals surface area contributed by atoms with Crippen LogP contribution in [0.1, 0.15) is 36.8 Å². The van der Waals surface area contributed by atoms with E-state index in [1.165, 1.54) is 54.7 Å². The molecular formula is C22H18. The molecule has 0 N–H and O–H groups in total. The normalized spacial score (nSPS) is 18.5. The van der Waals surface area contributed by atoms with Crippen molar-refractivity contribution in [3.63, 3.8) is 0 Å². The Morgan fingerprint density at radius 3 is 2.55 bits per heavy atom. The van der Waals surface area contributed by atoms with Gasteiger partial charge in [0.05, 0.1) is 0 Å². The van der Waals surface area contributed by atoms with E-state index in [0.717, 1.165) is 0 Å². The summed E-state index contributed by atoms with van der Waals surface area (Å²) < 4.78 is 0. The summed E-state index contributed by atoms with van der Waals surface area (Å²) in [5.74, 6) is 0. The van der Waals surface area contributed by atoms with Gasteiger partial charge >= 0.3 is 0 Å². The highest BCUT2D eigenvalue weighted by atomic mass is 14.3. The smallest absolute Gasteiger partial charge is 0.00241 e. The van der Waals surface area contributed by atoms with Crippen LogP contribution in [0.5, 0.6) is 0 Å². The summed E-state index contributed by atoms with van der Waals surface area (Å²) in [6.07, 6.45) is 7.71. The lowest BCUT2D eigenvalue weighted by molar-refractivity contribution is 0.782. The monoisotopic (exact) mass is 282 g/mol. The maximum Gasteiger partial charge on any atom is -0.00241 e. The molecule has 0 aromatic heterocycles. The lowest BCUT2D eigenvalue weighted by Crippen LogP contribution is -2.39. The predicted molar refractivity (Wildman–Crippen MR) is 93.4 cm³/mol. The van der Waals surface area contributed by atoms with Gasteiger partial charge in [-0.15, -0.1) is 0 Å². The van der Waals surface area contributed by atoms with Gasteiger partial charge in [0, 0.05) is 0 Å². The highest BCUT2D eigenvalue weighted by molar-refractivity contribution is 6.12. The molecule has 0 aliphatic heterocycles. The van der Waals surface area contributed by atoms with Crippen molar-refractivity contribution < 1.29 is 0 Å². The molecule has 3 aromatic carbocycles. The number of hydrogen-bond acceptors (Lipinski definition) is 0. The second kappa shape index (κ2) is 3.81. The van der Waals surface area contributed by atoms with Crippen LogP contribution in [0.2, 0.25) is 0 Å². The molecule has 0 unspecified atom stereocenters. The van der Waals surface area contributed by atoms with Crippen LogP contribution < -0.4 is 10.4 Å². The molecule has 106 valence electrons. The topological polar surface area (TPSA) is 0 Å². The van der Waals surface area contributed by atoms with Crippen LogP contribution in [0.15, 0.2) is 36.4 Å². The van der Waals surface area contributed by atoms with Gasteiger partial charge in [0.15, 0.2) is 0 Å². The zero-order valence-corrected chi connectivity index (χ0v) is 12.7. The molecule has 3 aliphatic carbocycles. The molecule has 0 saturated carbocycles. The van der Waals surface area contributed by atoms with E-state index in [1.807, 2.05) is 0 Å². The van der Waals surface area contributed by atoms with Crippen molar-refractivity contribution in [1.29, 1.82) is 0 Å². The summed E-state index contributed by atoms with van der Waals surface area (Å²) in [6, 6.07) is 14.0. The Balaban J connectivity index is 2.03. The summed E-state index contributed by atoms with van der Waals surface area (Å²) in [7, 11) is 0. The third-order valence-corrected chi connectivity index (χ3v) is 6.08. The van der Waals surface area contributed by atoms with E-state index in [1.54, 1.807) is 38.1 Å². The Bertz CT molecular complexity index is 1110. The van der Waals surface area contributed by atoms with Crippen LogP contribution in [0.3, 0.4) is 0 Å². The van der Waals surface area contributed by atoms with Crippen LogP contribution in [-0.2, 0) is 12.8 Å². The fourth-order valence-corrected chi connectivity index (χ4v) is 5.21. The molecule has 0 bridgehead atoms. The molecule has 6 rings (SSSR count). The molecule has 3 aromatic rings. The zero-order valence-electron chi connectivity index (χ0n) is 12.7. The van der Waals surface area contributed by atoms with E-state index in [2.05, 4.69) is 36.4 Å². The highest BCUT2D eigenvalue weighted by Gasteiger charge is 2.23. The Hall–Kier alpha value is -2.08. The van der Waals surface area contributed by atoms with Gasteiger partial charge in [-0.25, -0.2) is 0 Å². The second-order valence-corrected chi connectivity index (χ2v) is 7.20. The minimum Gasteiger partial charge on any atom is -0.0617 e. The quantitative estimate of drug-likeness (QED) is 0.547. The average molecular weight is 282 g/mol. The van der Waals surface area contributed by atoms with Gasteiger partial charge in [0.1, 0.15) is 0 Å². The first-order valence-corrected chi connectivity index (χ1v) is 8.60. The molecule has 0 atom stereocenters. The molecule has 0 spiro atoms. The van der Waals surface area contributed by atoms with Gasteiger partial charge in [-0.1, -0.05) is 47.5 Å². The summed E-state index contributed by atoms with van der Waals surface area (Å²) in [5, 5.41) is 9.30. The predicted octanol–water partition coefficient (Wildman–Crippen LogP) is 3.98. The van der Waals surface area contributed by atoms with E-state index in [9.17, 15) is 0 Å². The van der Waals surface area contributed by atoms with Gasteiger partial charge in [-0.3, -0.25) is 0 Å². The van der Waals surface area contributed by atoms with Crippen LogP contribution in [-0.4, -0.2) is 0 Å². The van der Waals surface area contributed by atoms with Crippen molar-refractivity contribution in [2.24, 2.45) is 0 Å². The Kier molecular flexibility index (Phi) is 1.99. The summed E-state index contributed by atoms with van der Waals surface area (Å²) in [5.41, 5.74) is 6.63. The van der Waals surface area contributed by atoms with Crippen LogP contribution >= 0.6 is 0 Å². The van der Waals surface area contributed by atoms with Gasteiger partial charge in [-0.2, -0.15) is 0 Å². The molecule has 0 radical (unpaired) electrons. The molecule has 3 aliphatic rings. The molecular weight excluding hydrogens is 264 g/mol. The number of rotatable bonds is 0. The van der Waals surface area contributed by atoms with Crippen molar-refractivity contribution >= 4 is 32.7 Å². The Morgan fingerprint density at radius 2 is 1.55 bits per heavy atom. The molecule has 0 amide bonds. The van der Waals surface area contributed by atoms with Crippen LogP contribution in [0, 0.1) is 0 Å². The third-order valence-electron chi connectivity index (χ3n) is 6.08. The summed E-state index contributed by atoms with van der Waals surface area (Å²) >= 11 is 0. The number of aryl methyl sites for hydroxylation is 1. The molecule has 0 nitrogen and oxygen atoms in total. The fourth-order valence-electron chi connectivity index (χ4n) is 5.21. The minimum absolute atomic E-state index is 1.17. The first-order valence-electron chi connectivity index (χ1n) is 8.60. The first-order chi connectivity index (χ1) is 10.9. The van der Waals surface area contributed by atoms with Crippen LogP contribution in [0.25, 0.3) is 32.7 Å². The number of hydrogen-bond donors (Lipinski definition) is 0. The van der Waals surface area contributed by atoms with Gasteiger partial charge in [0.25, 0.3) is 0 Å². The SMILES string of the molecule is c1cc2c3c(c1)ccc1cc4c5c(c13)=C(CCC=5CCC4)C2. The van der Waals surface area contributed by atoms with Gasteiger partial charge < -0.3 is 0 Å². The lowest BCUT2D eigenvalue weighted by Gasteiger charge is -2.27. The maximum atomic E-state index is 2.50. The summed E-state index contributed by atoms with van der Waals surface area (Å²) in [4.78, 5) is 0. The van der Waals surface area contributed by atoms with Crippen molar-refractivity contribution in [2.75, 3.05) is 0 Å². The fraction of sp³-hybridized carbons (Fsp3) is 0.273. The Morgan fingerprint density at radius 1 is 0.636 bits per heavy atom. The third kappa shape index (κ3) is 1.26. The highest BCUT2D eigenvalue weighted by Crippen LogP contribution is 2.35. The minimum atomic E-state index is 1.17. The van der Waals surface area contributed by atoms with Gasteiger partial charge in [-0.05, 0) is 81.6 Å². The van der Waals surface area contributed by atoms with E-state index in [-0.39, 0.29) is 0 Å². The number of benzene rings is 3. The van der Waals surface area contributed by atoms with Crippen molar-refractivity contribution in [2.45, 2.75) is 38.5 Å². The lowest BCUT2D eigenvalue weighted by atomic mass is 9.77. The van der Waals surface area contributed by atoms with Crippen molar-refractivity contribution in [1.82, 2.24) is 0 Å². The molecule has 0 heterocycles.